The second-order valence-electron chi connectivity index (χ2n) is 4.61. The Hall–Kier alpha value is -2.81. The van der Waals surface area contributed by atoms with E-state index in [0.717, 1.165) is 29.6 Å². The molecule has 6 nitrogen and oxygen atoms in total. The number of nitrogens with zero attached hydrogens (tertiary/aromatic N) is 4. The molecule has 0 saturated carbocycles. The number of aromatic nitrogens is 4. The van der Waals surface area contributed by atoms with E-state index in [1.807, 2.05) is 12.1 Å². The zero-order valence-corrected chi connectivity index (χ0v) is 11.1. The van der Waals surface area contributed by atoms with Gasteiger partial charge in [-0.05, 0) is 24.6 Å². The maximum atomic E-state index is 8.99. The van der Waals surface area contributed by atoms with Crippen LogP contribution >= 0.6 is 0 Å². The Morgan fingerprint density at radius 2 is 2.30 bits per heavy atom. The van der Waals surface area contributed by atoms with E-state index in [0.29, 0.717) is 17.0 Å². The van der Waals surface area contributed by atoms with E-state index in [1.165, 1.54) is 0 Å². The molecule has 0 aliphatic carbocycles. The van der Waals surface area contributed by atoms with Gasteiger partial charge in [-0.1, -0.05) is 19.4 Å². The molecule has 20 heavy (non-hydrogen) atoms. The van der Waals surface area contributed by atoms with E-state index in [9.17, 15) is 0 Å². The van der Waals surface area contributed by atoms with Gasteiger partial charge >= 0.3 is 0 Å². The van der Waals surface area contributed by atoms with Gasteiger partial charge in [-0.3, -0.25) is 5.10 Å². The molecule has 100 valence electrons. The molecule has 2 heterocycles. The van der Waals surface area contributed by atoms with Crippen molar-refractivity contribution in [2.24, 2.45) is 0 Å². The number of H-pyrrole nitrogens is 1. The maximum absolute atomic E-state index is 8.99. The predicted molar refractivity (Wildman–Crippen MR) is 76.3 cm³/mol. The van der Waals surface area contributed by atoms with Crippen LogP contribution in [0, 0.1) is 11.3 Å². The van der Waals surface area contributed by atoms with Crippen molar-refractivity contribution in [2.75, 3.05) is 5.73 Å². The highest BCUT2D eigenvalue weighted by Crippen LogP contribution is 2.26. The summed E-state index contributed by atoms with van der Waals surface area (Å²) in [6, 6.07) is 9.40. The average Bonchev–Trinajstić information content (AvgIpc) is 3.02. The Morgan fingerprint density at radius 1 is 1.45 bits per heavy atom. The Bertz CT molecular complexity index is 805. The van der Waals surface area contributed by atoms with Gasteiger partial charge in [0.1, 0.15) is 5.82 Å². The Labute approximate surface area is 115 Å². The van der Waals surface area contributed by atoms with Crippen LogP contribution in [0.15, 0.2) is 24.3 Å². The third-order valence-electron chi connectivity index (χ3n) is 3.19. The van der Waals surface area contributed by atoms with Crippen LogP contribution in [0.25, 0.3) is 16.7 Å². The van der Waals surface area contributed by atoms with Crippen molar-refractivity contribution in [1.82, 2.24) is 20.0 Å². The van der Waals surface area contributed by atoms with Gasteiger partial charge in [-0.2, -0.15) is 15.5 Å². The number of fused-ring (bicyclic) bond motifs is 1. The Kier molecular flexibility index (Phi) is 2.88. The number of benzene rings is 1. The van der Waals surface area contributed by atoms with Crippen molar-refractivity contribution in [3.63, 3.8) is 0 Å². The second kappa shape index (κ2) is 4.70. The monoisotopic (exact) mass is 266 g/mol. The second-order valence-corrected chi connectivity index (χ2v) is 4.61. The first-order valence-corrected chi connectivity index (χ1v) is 6.46. The van der Waals surface area contributed by atoms with Crippen molar-refractivity contribution in [3.8, 4) is 11.8 Å². The van der Waals surface area contributed by atoms with Gasteiger partial charge in [-0.15, -0.1) is 0 Å². The van der Waals surface area contributed by atoms with Gasteiger partial charge in [0.15, 0.2) is 5.65 Å². The summed E-state index contributed by atoms with van der Waals surface area (Å²) in [7, 11) is 0. The van der Waals surface area contributed by atoms with Crippen LogP contribution in [-0.2, 0) is 6.42 Å². The predicted octanol–water partition coefficient (Wildman–Crippen LogP) is 2.15. The van der Waals surface area contributed by atoms with Crippen molar-refractivity contribution in [2.45, 2.75) is 19.8 Å². The summed E-state index contributed by atoms with van der Waals surface area (Å²) in [5, 5.41) is 21.5. The normalized spacial score (nSPS) is 10.8. The summed E-state index contributed by atoms with van der Waals surface area (Å²) >= 11 is 0. The van der Waals surface area contributed by atoms with Gasteiger partial charge in [0.25, 0.3) is 0 Å². The van der Waals surface area contributed by atoms with Crippen molar-refractivity contribution < 1.29 is 0 Å². The van der Waals surface area contributed by atoms with Crippen LogP contribution in [0.1, 0.15) is 24.6 Å². The highest BCUT2D eigenvalue weighted by molar-refractivity contribution is 5.90. The first-order valence-electron chi connectivity index (χ1n) is 6.46. The fourth-order valence-corrected chi connectivity index (χ4v) is 2.30. The zero-order chi connectivity index (χ0) is 14.1. The van der Waals surface area contributed by atoms with E-state index in [2.05, 4.69) is 28.3 Å². The number of nitriles is 1. The van der Waals surface area contributed by atoms with Crippen LogP contribution < -0.4 is 5.73 Å². The van der Waals surface area contributed by atoms with Gasteiger partial charge in [0.2, 0.25) is 0 Å². The lowest BCUT2D eigenvalue weighted by molar-refractivity contribution is 0.809. The molecule has 0 amide bonds. The first kappa shape index (κ1) is 12.2. The van der Waals surface area contributed by atoms with Crippen LogP contribution in [0.2, 0.25) is 0 Å². The number of nitrogen functional groups attached to an aromatic ring is 1. The summed E-state index contributed by atoms with van der Waals surface area (Å²) in [5.41, 5.74) is 8.95. The molecule has 0 fully saturated rings. The number of nitrogens with two attached hydrogens (primary N) is 1. The summed E-state index contributed by atoms with van der Waals surface area (Å²) in [6.07, 6.45) is 1.82. The quantitative estimate of drug-likeness (QED) is 0.759. The first-order chi connectivity index (χ1) is 9.74. The van der Waals surface area contributed by atoms with Crippen LogP contribution in [0.5, 0.6) is 0 Å². The topological polar surface area (TPSA) is 96.3 Å². The molecule has 0 aliphatic heterocycles. The maximum Gasteiger partial charge on any atom is 0.186 e. The smallest absolute Gasteiger partial charge is 0.186 e. The third-order valence-corrected chi connectivity index (χ3v) is 3.19. The molecule has 3 rings (SSSR count). The molecule has 0 unspecified atom stereocenters. The fraction of sp³-hybridized carbons (Fsp3) is 0.214. The van der Waals surface area contributed by atoms with Crippen LogP contribution in [0.3, 0.4) is 0 Å². The number of aryl methyl sites for hydroxylation is 1. The number of rotatable bonds is 3. The van der Waals surface area contributed by atoms with E-state index >= 15 is 0 Å². The van der Waals surface area contributed by atoms with Gasteiger partial charge < -0.3 is 5.73 Å². The van der Waals surface area contributed by atoms with Crippen LogP contribution in [0.4, 0.5) is 5.82 Å². The minimum atomic E-state index is 0.533. The van der Waals surface area contributed by atoms with E-state index in [1.54, 1.807) is 16.8 Å². The van der Waals surface area contributed by atoms with Crippen molar-refractivity contribution in [3.05, 3.63) is 35.5 Å². The van der Waals surface area contributed by atoms with E-state index < -0.39 is 0 Å². The number of anilines is 1. The lowest BCUT2D eigenvalue weighted by atomic mass is 10.2. The molecule has 0 saturated heterocycles. The molecule has 2 aromatic heterocycles. The van der Waals surface area contributed by atoms with Gasteiger partial charge in [0.05, 0.1) is 28.4 Å². The lowest BCUT2D eigenvalue weighted by Gasteiger charge is -2.01. The number of aromatic amines is 1. The largest absolute Gasteiger partial charge is 0.383 e. The summed E-state index contributed by atoms with van der Waals surface area (Å²) in [6.45, 7) is 2.09. The molecule has 3 aromatic rings. The lowest BCUT2D eigenvalue weighted by Crippen LogP contribution is -1.99. The summed E-state index contributed by atoms with van der Waals surface area (Å²) < 4.78 is 1.73. The standard InChI is InChI=1S/C14H14N6/c1-2-4-11-12-13(16)17-18-14(12)20(19-11)10-6-3-5-9(7-10)8-15/h3,5-7H,2,4H2,1H3,(H3,16,17,18). The Balaban J connectivity index is 2.23. The molecular weight excluding hydrogens is 252 g/mol. The summed E-state index contributed by atoms with van der Waals surface area (Å²) in [5.74, 6) is 0.533. The van der Waals surface area contributed by atoms with Gasteiger partial charge in [-0.25, -0.2) is 4.68 Å². The van der Waals surface area contributed by atoms with Gasteiger partial charge in [0, 0.05) is 0 Å². The molecule has 3 N–H and O–H groups in total. The molecule has 0 spiro atoms. The highest BCUT2D eigenvalue weighted by atomic mass is 15.4. The minimum absolute atomic E-state index is 0.533. The fourth-order valence-electron chi connectivity index (χ4n) is 2.30. The highest BCUT2D eigenvalue weighted by Gasteiger charge is 2.17. The van der Waals surface area contributed by atoms with Crippen molar-refractivity contribution >= 4 is 16.9 Å². The van der Waals surface area contributed by atoms with Crippen LogP contribution in [-0.4, -0.2) is 20.0 Å². The van der Waals surface area contributed by atoms with Crippen molar-refractivity contribution in [1.29, 1.82) is 5.26 Å². The molecule has 0 aliphatic rings. The minimum Gasteiger partial charge on any atom is -0.383 e. The molecule has 6 heteroatoms. The number of hydrogen-bond donors (Lipinski definition) is 2. The molecule has 1 aromatic carbocycles. The summed E-state index contributed by atoms with van der Waals surface area (Å²) in [4.78, 5) is 0. The molecule has 0 atom stereocenters. The number of nitrogens with one attached hydrogen (secondary N) is 1. The number of hydrogen-bond acceptors (Lipinski definition) is 4. The molecule has 0 bridgehead atoms. The Morgan fingerprint density at radius 3 is 3.05 bits per heavy atom. The average molecular weight is 266 g/mol. The van der Waals surface area contributed by atoms with E-state index in [4.69, 9.17) is 11.0 Å². The third kappa shape index (κ3) is 1.80. The molecule has 0 radical (unpaired) electrons. The van der Waals surface area contributed by atoms with E-state index in [-0.39, 0.29) is 0 Å². The SMILES string of the molecule is CCCc1nn(-c2cccc(C#N)c2)c2n[nH]c(N)c12. The zero-order valence-electron chi connectivity index (χ0n) is 11.1. The molecular formula is C14H14N6.